The average molecular weight is 549 g/mol. The van der Waals surface area contributed by atoms with Gasteiger partial charge in [0, 0.05) is 24.4 Å². The van der Waals surface area contributed by atoms with Crippen LogP contribution >= 0.6 is 0 Å². The SMILES string of the molecule is Cc1ccn2nc(Cn3nc(-c4cc(O)cc(F)c4)c4c(N)ncnc43)nc(OCCN(C)CCCN(C)C)c12. The van der Waals surface area contributed by atoms with Crippen LogP contribution in [-0.2, 0) is 6.54 Å². The molecular weight excluding hydrogens is 515 g/mol. The lowest BCUT2D eigenvalue weighted by atomic mass is 10.1. The molecule has 0 saturated heterocycles. The van der Waals surface area contributed by atoms with Gasteiger partial charge in [-0.05, 0) is 71.3 Å². The third-order valence-corrected chi connectivity index (χ3v) is 6.59. The highest BCUT2D eigenvalue weighted by atomic mass is 19.1. The van der Waals surface area contributed by atoms with Gasteiger partial charge in [0.1, 0.15) is 48.1 Å². The van der Waals surface area contributed by atoms with Crippen LogP contribution in [0, 0.1) is 12.7 Å². The van der Waals surface area contributed by atoms with Crippen LogP contribution in [0.3, 0.4) is 0 Å². The van der Waals surface area contributed by atoms with Gasteiger partial charge in [0.2, 0.25) is 5.88 Å². The van der Waals surface area contributed by atoms with E-state index in [1.807, 2.05) is 19.2 Å². The van der Waals surface area contributed by atoms with E-state index in [1.165, 1.54) is 18.5 Å². The van der Waals surface area contributed by atoms with Gasteiger partial charge < -0.3 is 25.4 Å². The van der Waals surface area contributed by atoms with E-state index in [0.29, 0.717) is 40.6 Å². The van der Waals surface area contributed by atoms with Crippen molar-refractivity contribution in [3.8, 4) is 22.9 Å². The summed E-state index contributed by atoms with van der Waals surface area (Å²) in [7, 11) is 6.22. The van der Waals surface area contributed by atoms with Gasteiger partial charge >= 0.3 is 0 Å². The fraction of sp³-hybridized carbons (Fsp3) is 0.370. The topological polar surface area (TPSA) is 136 Å². The number of nitrogens with zero attached hydrogens (tertiary/aromatic N) is 9. The normalized spacial score (nSPS) is 11.9. The first-order chi connectivity index (χ1) is 19.2. The fourth-order valence-electron chi connectivity index (χ4n) is 4.61. The Morgan fingerprint density at radius 1 is 1.07 bits per heavy atom. The van der Waals surface area contributed by atoms with Crippen LogP contribution in [0.15, 0.2) is 36.8 Å². The van der Waals surface area contributed by atoms with E-state index in [9.17, 15) is 9.50 Å². The highest BCUT2D eigenvalue weighted by Crippen LogP contribution is 2.32. The summed E-state index contributed by atoms with van der Waals surface area (Å²) in [6, 6.07) is 5.66. The van der Waals surface area contributed by atoms with Crippen molar-refractivity contribution in [1.29, 1.82) is 0 Å². The van der Waals surface area contributed by atoms with Crippen LogP contribution in [-0.4, -0.2) is 96.6 Å². The fourth-order valence-corrected chi connectivity index (χ4v) is 4.61. The number of fused-ring (bicyclic) bond motifs is 2. The molecule has 0 radical (unpaired) electrons. The van der Waals surface area contributed by atoms with Crippen LogP contribution in [0.25, 0.3) is 27.8 Å². The van der Waals surface area contributed by atoms with Crippen LogP contribution in [0.1, 0.15) is 17.8 Å². The summed E-state index contributed by atoms with van der Waals surface area (Å²) in [6.07, 6.45) is 4.27. The Bertz CT molecular complexity index is 1630. The molecule has 5 aromatic rings. The lowest BCUT2D eigenvalue weighted by molar-refractivity contribution is 0.225. The molecule has 0 atom stereocenters. The molecule has 0 aliphatic rings. The average Bonchev–Trinajstić information content (AvgIpc) is 3.45. The van der Waals surface area contributed by atoms with Gasteiger partial charge in [0.25, 0.3) is 0 Å². The van der Waals surface area contributed by atoms with Crippen LogP contribution < -0.4 is 10.5 Å². The summed E-state index contributed by atoms with van der Waals surface area (Å²) in [4.78, 5) is 17.6. The Balaban J connectivity index is 1.44. The number of halogens is 1. The van der Waals surface area contributed by atoms with Crippen LogP contribution in [0.5, 0.6) is 11.6 Å². The van der Waals surface area contributed by atoms with E-state index in [0.717, 1.165) is 43.2 Å². The summed E-state index contributed by atoms with van der Waals surface area (Å²) in [5.41, 5.74) is 9.10. The zero-order chi connectivity index (χ0) is 28.4. The van der Waals surface area contributed by atoms with Crippen molar-refractivity contribution in [2.45, 2.75) is 19.9 Å². The van der Waals surface area contributed by atoms with E-state index in [4.69, 9.17) is 15.5 Å². The second kappa shape index (κ2) is 11.4. The molecule has 0 fully saturated rings. The number of likely N-dealkylation sites (N-methyl/N-ethyl adjacent to an activating group) is 1. The molecule has 4 heterocycles. The number of nitrogen functional groups attached to an aromatic ring is 1. The van der Waals surface area contributed by atoms with Crippen molar-refractivity contribution in [2.24, 2.45) is 0 Å². The van der Waals surface area contributed by atoms with Crippen molar-refractivity contribution in [1.82, 2.24) is 44.1 Å². The minimum Gasteiger partial charge on any atom is -0.508 e. The second-order valence-corrected chi connectivity index (χ2v) is 10.1. The summed E-state index contributed by atoms with van der Waals surface area (Å²) in [6.45, 7) is 5.35. The van der Waals surface area contributed by atoms with Crippen LogP contribution in [0.2, 0.25) is 0 Å². The maximum atomic E-state index is 14.1. The smallest absolute Gasteiger partial charge is 0.242 e. The first-order valence-corrected chi connectivity index (χ1v) is 13.0. The largest absolute Gasteiger partial charge is 0.508 e. The molecule has 5 rings (SSSR count). The van der Waals surface area contributed by atoms with Gasteiger partial charge in [-0.2, -0.15) is 15.2 Å². The molecule has 0 aliphatic heterocycles. The Kier molecular flexibility index (Phi) is 7.76. The predicted octanol–water partition coefficient (Wildman–Crippen LogP) is 2.58. The Morgan fingerprint density at radius 3 is 2.67 bits per heavy atom. The van der Waals surface area contributed by atoms with E-state index >= 15 is 0 Å². The summed E-state index contributed by atoms with van der Waals surface area (Å²) in [5.74, 6) is 0.277. The molecule has 210 valence electrons. The van der Waals surface area contributed by atoms with Gasteiger partial charge in [-0.3, -0.25) is 0 Å². The second-order valence-electron chi connectivity index (χ2n) is 10.1. The molecule has 0 saturated carbocycles. The molecule has 0 bridgehead atoms. The molecule has 3 N–H and O–H groups in total. The quantitative estimate of drug-likeness (QED) is 0.253. The number of anilines is 1. The van der Waals surface area contributed by atoms with Crippen molar-refractivity contribution >= 4 is 22.4 Å². The summed E-state index contributed by atoms with van der Waals surface area (Å²) in [5, 5.41) is 19.7. The van der Waals surface area contributed by atoms with Crippen molar-refractivity contribution in [3.05, 3.63) is 54.0 Å². The Morgan fingerprint density at radius 2 is 1.90 bits per heavy atom. The molecular formula is C27H33FN10O2. The molecule has 0 amide bonds. The van der Waals surface area contributed by atoms with Crippen molar-refractivity contribution in [2.75, 3.05) is 53.1 Å². The number of aromatic hydroxyl groups is 1. The summed E-state index contributed by atoms with van der Waals surface area (Å²) >= 11 is 0. The van der Waals surface area contributed by atoms with Gasteiger partial charge in [0.15, 0.2) is 11.5 Å². The lowest BCUT2D eigenvalue weighted by Gasteiger charge is -2.18. The zero-order valence-corrected chi connectivity index (χ0v) is 23.0. The number of aromatic nitrogens is 7. The number of benzene rings is 1. The third kappa shape index (κ3) is 5.80. The Hall–Kier alpha value is -4.36. The maximum Gasteiger partial charge on any atom is 0.242 e. The Labute approximate surface area is 230 Å². The number of ether oxygens (including phenoxy) is 1. The first kappa shape index (κ1) is 27.2. The molecule has 13 heteroatoms. The minimum absolute atomic E-state index is 0.141. The first-order valence-electron chi connectivity index (χ1n) is 13.0. The van der Waals surface area contributed by atoms with E-state index in [-0.39, 0.29) is 18.1 Å². The van der Waals surface area contributed by atoms with Gasteiger partial charge in [-0.15, -0.1) is 0 Å². The molecule has 1 aromatic carbocycles. The predicted molar refractivity (Wildman–Crippen MR) is 150 cm³/mol. The van der Waals surface area contributed by atoms with Crippen molar-refractivity contribution < 1.29 is 14.2 Å². The molecule has 4 aromatic heterocycles. The van der Waals surface area contributed by atoms with Gasteiger partial charge in [-0.1, -0.05) is 0 Å². The van der Waals surface area contributed by atoms with E-state index in [2.05, 4.69) is 51.1 Å². The number of phenols is 1. The molecule has 0 spiro atoms. The number of hydrogen-bond donors (Lipinski definition) is 2. The van der Waals surface area contributed by atoms with Crippen LogP contribution in [0.4, 0.5) is 10.2 Å². The third-order valence-electron chi connectivity index (χ3n) is 6.59. The number of hydrogen-bond acceptors (Lipinski definition) is 10. The van der Waals surface area contributed by atoms with E-state index < -0.39 is 5.82 Å². The highest BCUT2D eigenvalue weighted by Gasteiger charge is 2.20. The molecule has 0 unspecified atom stereocenters. The zero-order valence-electron chi connectivity index (χ0n) is 23.0. The summed E-state index contributed by atoms with van der Waals surface area (Å²) < 4.78 is 23.6. The maximum absolute atomic E-state index is 14.1. The van der Waals surface area contributed by atoms with Crippen molar-refractivity contribution in [3.63, 3.8) is 0 Å². The highest BCUT2D eigenvalue weighted by molar-refractivity contribution is 5.98. The van der Waals surface area contributed by atoms with Gasteiger partial charge in [0.05, 0.1) is 5.39 Å². The van der Waals surface area contributed by atoms with E-state index in [1.54, 1.807) is 9.20 Å². The van der Waals surface area contributed by atoms with Gasteiger partial charge in [-0.25, -0.2) is 23.6 Å². The molecule has 12 nitrogen and oxygen atoms in total. The molecule has 0 aliphatic carbocycles. The number of phenolic OH excluding ortho intramolecular Hbond substituents is 1. The number of aryl methyl sites for hydroxylation is 1. The standard InChI is InChI=1S/C27H33FN10O2/c1-17-6-9-37-24(17)27(40-11-10-36(4)8-5-7-35(2)3)32-21(33-37)15-38-26-22(25(29)30-16-31-26)23(34-38)18-12-19(28)14-20(39)13-18/h6,9,12-14,16,39H,5,7-8,10-11,15H2,1-4H3,(H2,29,30,31). The number of nitrogens with two attached hydrogens (primary N) is 1. The number of rotatable bonds is 11. The molecule has 40 heavy (non-hydrogen) atoms. The lowest BCUT2D eigenvalue weighted by Crippen LogP contribution is -2.28. The minimum atomic E-state index is -0.602. The monoisotopic (exact) mass is 548 g/mol.